The fraction of sp³-hybridized carbons (Fsp3) is 0.158. The van der Waals surface area contributed by atoms with E-state index in [1.54, 1.807) is 22.3 Å². The Balaban J connectivity index is 1.81. The van der Waals surface area contributed by atoms with Crippen LogP contribution in [0.1, 0.15) is 26.3 Å². The Labute approximate surface area is 143 Å². The zero-order valence-electron chi connectivity index (χ0n) is 13.2. The van der Waals surface area contributed by atoms with Crippen LogP contribution in [-0.2, 0) is 0 Å². The van der Waals surface area contributed by atoms with E-state index in [1.807, 2.05) is 42.6 Å². The van der Waals surface area contributed by atoms with Crippen LogP contribution in [0.3, 0.4) is 0 Å². The molecule has 2 aromatic carbocycles. The lowest BCUT2D eigenvalue weighted by Gasteiger charge is -2.21. The molecule has 1 aliphatic heterocycles. The summed E-state index contributed by atoms with van der Waals surface area (Å²) in [5.41, 5.74) is 3.08. The van der Waals surface area contributed by atoms with Crippen molar-refractivity contribution in [2.75, 3.05) is 18.0 Å². The van der Waals surface area contributed by atoms with Crippen LogP contribution in [0, 0.1) is 6.92 Å². The quantitative estimate of drug-likeness (QED) is 0.738. The van der Waals surface area contributed by atoms with Gasteiger partial charge in [0.2, 0.25) is 0 Å². The Hall–Kier alpha value is -2.66. The Bertz CT molecular complexity index is 961. The van der Waals surface area contributed by atoms with Gasteiger partial charge in [-0.2, -0.15) is 0 Å². The van der Waals surface area contributed by atoms with Crippen molar-refractivity contribution in [2.45, 2.75) is 6.92 Å². The first-order chi connectivity index (χ1) is 11.6. The highest BCUT2D eigenvalue weighted by Gasteiger charge is 2.26. The third kappa shape index (κ3) is 2.37. The van der Waals surface area contributed by atoms with Crippen molar-refractivity contribution in [2.24, 2.45) is 0 Å². The molecule has 0 saturated carbocycles. The summed E-state index contributed by atoms with van der Waals surface area (Å²) in [6.07, 6.45) is 0. The molecule has 1 aromatic heterocycles. The van der Waals surface area contributed by atoms with E-state index in [0.717, 1.165) is 10.1 Å². The Kier molecular flexibility index (Phi) is 3.58. The lowest BCUT2D eigenvalue weighted by Crippen LogP contribution is -2.35. The Morgan fingerprint density at radius 1 is 1.21 bits per heavy atom. The predicted octanol–water partition coefficient (Wildman–Crippen LogP) is 3.60. The number of nitrogens with one attached hydrogen (secondary N) is 1. The van der Waals surface area contributed by atoms with Crippen molar-refractivity contribution < 1.29 is 9.59 Å². The van der Waals surface area contributed by atoms with Gasteiger partial charge < -0.3 is 10.2 Å². The standard InChI is InChI=1S/C19H16N2O2S/c1-12-6-7-13-15(11-24-17(13)10-12)19(23)21-9-8-20-18(22)14-4-2-3-5-16(14)21/h2-7,10-11H,8-9H2,1H3,(H,20,22). The average molecular weight is 336 g/mol. The van der Waals surface area contributed by atoms with E-state index in [4.69, 9.17) is 0 Å². The number of thiophene rings is 1. The smallest absolute Gasteiger partial charge is 0.259 e. The van der Waals surface area contributed by atoms with Crippen LogP contribution in [0.5, 0.6) is 0 Å². The third-order valence-electron chi connectivity index (χ3n) is 4.27. The molecule has 0 spiro atoms. The minimum absolute atomic E-state index is 0.0611. The van der Waals surface area contributed by atoms with Crippen LogP contribution in [0.15, 0.2) is 47.8 Å². The average Bonchev–Trinajstić information content (AvgIpc) is 2.93. The van der Waals surface area contributed by atoms with E-state index in [-0.39, 0.29) is 11.8 Å². The maximum Gasteiger partial charge on any atom is 0.259 e. The van der Waals surface area contributed by atoms with Crippen molar-refractivity contribution in [3.05, 3.63) is 64.5 Å². The fourth-order valence-corrected chi connectivity index (χ4v) is 4.09. The number of hydrogen-bond acceptors (Lipinski definition) is 3. The summed E-state index contributed by atoms with van der Waals surface area (Å²) in [6, 6.07) is 13.4. The van der Waals surface area contributed by atoms with Gasteiger partial charge in [0, 0.05) is 28.6 Å². The molecule has 4 rings (SSSR count). The fourth-order valence-electron chi connectivity index (χ4n) is 3.06. The molecule has 120 valence electrons. The van der Waals surface area contributed by atoms with E-state index in [0.29, 0.717) is 29.9 Å². The number of rotatable bonds is 1. The molecule has 0 unspecified atom stereocenters. The second kappa shape index (κ2) is 5.76. The van der Waals surface area contributed by atoms with Gasteiger partial charge in [-0.15, -0.1) is 11.3 Å². The van der Waals surface area contributed by atoms with E-state index in [9.17, 15) is 9.59 Å². The van der Waals surface area contributed by atoms with Crippen LogP contribution in [0.25, 0.3) is 10.1 Å². The number of nitrogens with zero attached hydrogens (tertiary/aromatic N) is 1. The number of carbonyl (C=O) groups excluding carboxylic acids is 2. The van der Waals surface area contributed by atoms with E-state index >= 15 is 0 Å². The van der Waals surface area contributed by atoms with Crippen LogP contribution in [0.4, 0.5) is 5.69 Å². The summed E-state index contributed by atoms with van der Waals surface area (Å²) in [5.74, 6) is -0.194. The number of anilines is 1. The van der Waals surface area contributed by atoms with Crippen molar-refractivity contribution in [3.8, 4) is 0 Å². The molecular formula is C19H16N2O2S. The SMILES string of the molecule is Cc1ccc2c(C(=O)N3CCNC(=O)c4ccccc43)csc2c1. The first-order valence-electron chi connectivity index (χ1n) is 7.82. The molecule has 3 aromatic rings. The van der Waals surface area contributed by atoms with Gasteiger partial charge >= 0.3 is 0 Å². The van der Waals surface area contributed by atoms with Gasteiger partial charge in [0.15, 0.2) is 0 Å². The van der Waals surface area contributed by atoms with Crippen molar-refractivity contribution in [3.63, 3.8) is 0 Å². The summed E-state index contributed by atoms with van der Waals surface area (Å²) in [7, 11) is 0. The molecule has 4 nitrogen and oxygen atoms in total. The van der Waals surface area contributed by atoms with E-state index in [1.165, 1.54) is 5.56 Å². The van der Waals surface area contributed by atoms with Gasteiger partial charge in [0.25, 0.3) is 11.8 Å². The van der Waals surface area contributed by atoms with Gasteiger partial charge in [0.05, 0.1) is 16.8 Å². The lowest BCUT2D eigenvalue weighted by atomic mass is 10.1. The predicted molar refractivity (Wildman–Crippen MR) is 97.0 cm³/mol. The molecular weight excluding hydrogens is 320 g/mol. The molecule has 0 saturated heterocycles. The molecule has 0 radical (unpaired) electrons. The summed E-state index contributed by atoms with van der Waals surface area (Å²) in [6.45, 7) is 2.95. The number of carbonyl (C=O) groups is 2. The maximum absolute atomic E-state index is 13.2. The maximum atomic E-state index is 13.2. The highest BCUT2D eigenvalue weighted by molar-refractivity contribution is 7.17. The number of amides is 2. The third-order valence-corrected chi connectivity index (χ3v) is 5.21. The summed E-state index contributed by atoms with van der Waals surface area (Å²) in [4.78, 5) is 27.0. The summed E-state index contributed by atoms with van der Waals surface area (Å²) >= 11 is 1.58. The van der Waals surface area contributed by atoms with E-state index < -0.39 is 0 Å². The molecule has 24 heavy (non-hydrogen) atoms. The Morgan fingerprint density at radius 2 is 2.04 bits per heavy atom. The van der Waals surface area contributed by atoms with Crippen LogP contribution in [-0.4, -0.2) is 24.9 Å². The number of aryl methyl sites for hydroxylation is 1. The molecule has 2 heterocycles. The second-order valence-corrected chi connectivity index (χ2v) is 6.79. The zero-order chi connectivity index (χ0) is 16.7. The monoisotopic (exact) mass is 336 g/mol. The normalized spacial score (nSPS) is 14.2. The first-order valence-corrected chi connectivity index (χ1v) is 8.70. The lowest BCUT2D eigenvalue weighted by molar-refractivity contribution is 0.0954. The minimum Gasteiger partial charge on any atom is -0.350 e. The Morgan fingerprint density at radius 3 is 2.92 bits per heavy atom. The number of fused-ring (bicyclic) bond motifs is 2. The molecule has 1 N–H and O–H groups in total. The van der Waals surface area contributed by atoms with Gasteiger partial charge in [-0.05, 0) is 30.7 Å². The molecule has 0 bridgehead atoms. The highest BCUT2D eigenvalue weighted by Crippen LogP contribution is 2.30. The van der Waals surface area contributed by atoms with Crippen LogP contribution >= 0.6 is 11.3 Å². The van der Waals surface area contributed by atoms with Gasteiger partial charge in [-0.3, -0.25) is 9.59 Å². The molecule has 0 atom stereocenters. The molecule has 0 fully saturated rings. The topological polar surface area (TPSA) is 49.4 Å². The van der Waals surface area contributed by atoms with Crippen molar-refractivity contribution in [1.29, 1.82) is 0 Å². The zero-order valence-corrected chi connectivity index (χ0v) is 14.0. The van der Waals surface area contributed by atoms with Crippen molar-refractivity contribution >= 4 is 38.9 Å². The number of benzene rings is 2. The van der Waals surface area contributed by atoms with Gasteiger partial charge in [0.1, 0.15) is 0 Å². The summed E-state index contributed by atoms with van der Waals surface area (Å²) in [5, 5.41) is 5.73. The highest BCUT2D eigenvalue weighted by atomic mass is 32.1. The molecule has 2 amide bonds. The number of para-hydroxylation sites is 1. The molecule has 0 aliphatic carbocycles. The number of hydrogen-bond donors (Lipinski definition) is 1. The second-order valence-electron chi connectivity index (χ2n) is 5.88. The van der Waals surface area contributed by atoms with Gasteiger partial charge in [-0.1, -0.05) is 24.3 Å². The van der Waals surface area contributed by atoms with Crippen molar-refractivity contribution in [1.82, 2.24) is 5.32 Å². The molecule has 5 heteroatoms. The molecule has 1 aliphatic rings. The summed E-state index contributed by atoms with van der Waals surface area (Å²) < 4.78 is 1.11. The van der Waals surface area contributed by atoms with Gasteiger partial charge in [-0.25, -0.2) is 0 Å². The van der Waals surface area contributed by atoms with Crippen LogP contribution in [0.2, 0.25) is 0 Å². The largest absolute Gasteiger partial charge is 0.350 e. The van der Waals surface area contributed by atoms with Crippen LogP contribution < -0.4 is 10.2 Å². The first kappa shape index (κ1) is 14.9. The minimum atomic E-state index is -0.133. The van der Waals surface area contributed by atoms with E-state index in [2.05, 4.69) is 11.4 Å².